The first-order chi connectivity index (χ1) is 15.4. The molecular formula is C25H32N2O5. The van der Waals surface area contributed by atoms with Gasteiger partial charge in [-0.25, -0.2) is 0 Å². The predicted octanol–water partition coefficient (Wildman–Crippen LogP) is 3.30. The molecule has 1 atom stereocenters. The summed E-state index contributed by atoms with van der Waals surface area (Å²) < 4.78 is 11.3. The molecule has 0 bridgehead atoms. The van der Waals surface area contributed by atoms with E-state index in [0.717, 1.165) is 12.8 Å². The molecule has 2 aromatic rings. The quantitative estimate of drug-likeness (QED) is 0.625. The van der Waals surface area contributed by atoms with E-state index in [-0.39, 0.29) is 30.2 Å². The Bertz CT molecular complexity index is 874. The number of nitrogens with zero attached hydrogens (tertiary/aromatic N) is 1. The highest BCUT2D eigenvalue weighted by molar-refractivity contribution is 5.81. The Kier molecular flexibility index (Phi) is 8.36. The molecule has 3 rings (SSSR count). The molecule has 0 spiro atoms. The van der Waals surface area contributed by atoms with Crippen LogP contribution in [-0.2, 0) is 16.0 Å². The minimum atomic E-state index is -0.622. The largest absolute Gasteiger partial charge is 0.508 e. The molecule has 2 amide bonds. The number of piperidine rings is 1. The summed E-state index contributed by atoms with van der Waals surface area (Å²) in [5, 5.41) is 12.3. The van der Waals surface area contributed by atoms with Gasteiger partial charge in [0.05, 0.1) is 0 Å². The number of carbonyl (C=O) groups excluding carboxylic acids is 2. The number of phenols is 1. The van der Waals surface area contributed by atoms with Crippen LogP contribution in [0.5, 0.6) is 17.2 Å². The van der Waals surface area contributed by atoms with Crippen LogP contribution in [0.2, 0.25) is 0 Å². The summed E-state index contributed by atoms with van der Waals surface area (Å²) in [5.41, 5.74) is 1.26. The fraction of sp³-hybridized carbons (Fsp3) is 0.440. The summed E-state index contributed by atoms with van der Waals surface area (Å²) in [6.07, 6.45) is 2.88. The van der Waals surface area contributed by atoms with Crippen molar-refractivity contribution in [2.45, 2.75) is 51.7 Å². The van der Waals surface area contributed by atoms with Crippen molar-refractivity contribution in [3.8, 4) is 17.2 Å². The number of ether oxygens (including phenoxy) is 2. The van der Waals surface area contributed by atoms with Gasteiger partial charge in [-0.15, -0.1) is 0 Å². The molecule has 7 heteroatoms. The number of aryl methyl sites for hydroxylation is 1. The fourth-order valence-corrected chi connectivity index (χ4v) is 3.74. The zero-order valence-electron chi connectivity index (χ0n) is 18.8. The smallest absolute Gasteiger partial charge is 0.263 e. The number of hydrogen-bond acceptors (Lipinski definition) is 5. The Balaban J connectivity index is 1.37. The van der Waals surface area contributed by atoms with Crippen LogP contribution >= 0.6 is 0 Å². The van der Waals surface area contributed by atoms with E-state index in [1.807, 2.05) is 24.3 Å². The van der Waals surface area contributed by atoms with E-state index in [9.17, 15) is 14.7 Å². The van der Waals surface area contributed by atoms with Crippen LogP contribution < -0.4 is 14.8 Å². The SMILES string of the molecule is CCCc1ccc(OCC(=O)NC2CCN(C(=O)C(C)Oc3ccc(O)cc3)CC2)cc1. The Hall–Kier alpha value is -3.22. The first kappa shape index (κ1) is 23.4. The summed E-state index contributed by atoms with van der Waals surface area (Å²) in [6, 6.07) is 14.2. The number of rotatable bonds is 9. The zero-order chi connectivity index (χ0) is 22.9. The van der Waals surface area contributed by atoms with E-state index < -0.39 is 6.10 Å². The highest BCUT2D eigenvalue weighted by atomic mass is 16.5. The van der Waals surface area contributed by atoms with Crippen LogP contribution in [-0.4, -0.2) is 53.7 Å². The average molecular weight is 441 g/mol. The minimum Gasteiger partial charge on any atom is -0.508 e. The number of likely N-dealkylation sites (tertiary alicyclic amines) is 1. The van der Waals surface area contributed by atoms with Crippen LogP contribution in [0.25, 0.3) is 0 Å². The maximum absolute atomic E-state index is 12.7. The molecule has 32 heavy (non-hydrogen) atoms. The first-order valence-electron chi connectivity index (χ1n) is 11.2. The van der Waals surface area contributed by atoms with Crippen molar-refractivity contribution in [2.24, 2.45) is 0 Å². The lowest BCUT2D eigenvalue weighted by Crippen LogP contribution is -2.50. The average Bonchev–Trinajstić information content (AvgIpc) is 2.80. The van der Waals surface area contributed by atoms with Gasteiger partial charge in [-0.1, -0.05) is 25.5 Å². The second kappa shape index (κ2) is 11.4. The lowest BCUT2D eigenvalue weighted by molar-refractivity contribution is -0.139. The van der Waals surface area contributed by atoms with Crippen molar-refractivity contribution < 1.29 is 24.2 Å². The Morgan fingerprint density at radius 3 is 2.31 bits per heavy atom. The van der Waals surface area contributed by atoms with Crippen LogP contribution in [0.1, 0.15) is 38.7 Å². The molecule has 1 heterocycles. The molecule has 0 radical (unpaired) electrons. The number of phenolic OH excluding ortho intramolecular Hbond substituents is 1. The third-order valence-electron chi connectivity index (χ3n) is 5.50. The maximum Gasteiger partial charge on any atom is 0.263 e. The maximum atomic E-state index is 12.7. The van der Waals surface area contributed by atoms with Gasteiger partial charge >= 0.3 is 0 Å². The molecule has 1 fully saturated rings. The summed E-state index contributed by atoms with van der Waals surface area (Å²) in [6.45, 7) is 4.96. The van der Waals surface area contributed by atoms with Crippen molar-refractivity contribution in [2.75, 3.05) is 19.7 Å². The second-order valence-corrected chi connectivity index (χ2v) is 8.10. The van der Waals surface area contributed by atoms with Crippen LogP contribution in [0.3, 0.4) is 0 Å². The topological polar surface area (TPSA) is 88.1 Å². The van der Waals surface area contributed by atoms with Crippen LogP contribution in [0, 0.1) is 0 Å². The molecule has 172 valence electrons. The Morgan fingerprint density at radius 2 is 1.69 bits per heavy atom. The van der Waals surface area contributed by atoms with Gasteiger partial charge in [0.15, 0.2) is 12.7 Å². The fourth-order valence-electron chi connectivity index (χ4n) is 3.74. The van der Waals surface area contributed by atoms with Gasteiger partial charge in [0, 0.05) is 19.1 Å². The number of amides is 2. The number of benzene rings is 2. The second-order valence-electron chi connectivity index (χ2n) is 8.10. The Labute approximate surface area is 189 Å². The Morgan fingerprint density at radius 1 is 1.06 bits per heavy atom. The van der Waals surface area contributed by atoms with Crippen molar-refractivity contribution in [1.29, 1.82) is 0 Å². The van der Waals surface area contributed by atoms with E-state index >= 15 is 0 Å². The zero-order valence-corrected chi connectivity index (χ0v) is 18.8. The monoisotopic (exact) mass is 440 g/mol. The van der Waals surface area contributed by atoms with E-state index in [2.05, 4.69) is 12.2 Å². The van der Waals surface area contributed by atoms with E-state index in [1.165, 1.54) is 17.7 Å². The molecular weight excluding hydrogens is 408 g/mol. The van der Waals surface area contributed by atoms with Crippen LogP contribution in [0.15, 0.2) is 48.5 Å². The third-order valence-corrected chi connectivity index (χ3v) is 5.50. The summed E-state index contributed by atoms with van der Waals surface area (Å²) in [5.74, 6) is 1.12. The van der Waals surface area contributed by atoms with E-state index in [4.69, 9.17) is 9.47 Å². The van der Waals surface area contributed by atoms with Crippen molar-refractivity contribution in [1.82, 2.24) is 10.2 Å². The molecule has 0 aromatic heterocycles. The van der Waals surface area contributed by atoms with Gasteiger partial charge < -0.3 is 24.8 Å². The third kappa shape index (κ3) is 6.90. The van der Waals surface area contributed by atoms with Gasteiger partial charge in [-0.05, 0) is 68.1 Å². The standard InChI is InChI=1S/C25H32N2O5/c1-3-4-19-5-9-22(10-6-19)31-17-24(29)26-20-13-15-27(16-14-20)25(30)18(2)32-23-11-7-21(28)8-12-23/h5-12,18,20,28H,3-4,13-17H2,1-2H3,(H,26,29). The molecule has 1 saturated heterocycles. The van der Waals surface area contributed by atoms with Gasteiger partial charge in [0.25, 0.3) is 11.8 Å². The molecule has 2 N–H and O–H groups in total. The molecule has 1 aliphatic heterocycles. The lowest BCUT2D eigenvalue weighted by Gasteiger charge is -2.33. The van der Waals surface area contributed by atoms with Gasteiger partial charge in [0.2, 0.25) is 0 Å². The molecule has 1 unspecified atom stereocenters. The number of carbonyl (C=O) groups is 2. The normalized spacial score (nSPS) is 15.1. The summed E-state index contributed by atoms with van der Waals surface area (Å²) in [7, 11) is 0. The first-order valence-corrected chi connectivity index (χ1v) is 11.2. The minimum absolute atomic E-state index is 0.0235. The summed E-state index contributed by atoms with van der Waals surface area (Å²) >= 11 is 0. The molecule has 0 aliphatic carbocycles. The van der Waals surface area contributed by atoms with Crippen molar-refractivity contribution in [3.05, 3.63) is 54.1 Å². The predicted molar refractivity (Wildman–Crippen MR) is 122 cm³/mol. The highest BCUT2D eigenvalue weighted by Crippen LogP contribution is 2.19. The van der Waals surface area contributed by atoms with Gasteiger partial charge in [-0.2, -0.15) is 0 Å². The van der Waals surface area contributed by atoms with Gasteiger partial charge in [-0.3, -0.25) is 9.59 Å². The van der Waals surface area contributed by atoms with Crippen LogP contribution in [0.4, 0.5) is 0 Å². The van der Waals surface area contributed by atoms with Crippen molar-refractivity contribution >= 4 is 11.8 Å². The number of aromatic hydroxyl groups is 1. The lowest BCUT2D eigenvalue weighted by atomic mass is 10.0. The van der Waals surface area contributed by atoms with Gasteiger partial charge in [0.1, 0.15) is 17.2 Å². The van der Waals surface area contributed by atoms with E-state index in [1.54, 1.807) is 24.0 Å². The number of hydrogen-bond donors (Lipinski definition) is 2. The molecule has 1 aliphatic rings. The molecule has 0 saturated carbocycles. The van der Waals surface area contributed by atoms with Crippen molar-refractivity contribution in [3.63, 3.8) is 0 Å². The molecule has 2 aromatic carbocycles. The molecule has 7 nitrogen and oxygen atoms in total. The highest BCUT2D eigenvalue weighted by Gasteiger charge is 2.27. The summed E-state index contributed by atoms with van der Waals surface area (Å²) in [4.78, 5) is 26.7. The number of nitrogens with one attached hydrogen (secondary N) is 1. The van der Waals surface area contributed by atoms with E-state index in [0.29, 0.717) is 37.4 Å².